The molecule has 0 spiro atoms. The van der Waals surface area contributed by atoms with E-state index in [1.54, 1.807) is 36.4 Å². The molecule has 116 valence electrons. The molecule has 0 aliphatic carbocycles. The molecule has 6 nitrogen and oxygen atoms in total. The summed E-state index contributed by atoms with van der Waals surface area (Å²) in [6, 6.07) is 15.3. The summed E-state index contributed by atoms with van der Waals surface area (Å²) in [4.78, 5) is 10.8. The number of para-hydroxylation sites is 1. The molecule has 0 fully saturated rings. The molecule has 0 bridgehead atoms. The highest BCUT2D eigenvalue weighted by Gasteiger charge is 2.11. The monoisotopic (exact) mass is 320 g/mol. The Kier molecular flexibility index (Phi) is 5.51. The van der Waals surface area contributed by atoms with Crippen LogP contribution in [0.4, 0.5) is 11.4 Å². The van der Waals surface area contributed by atoms with Gasteiger partial charge < -0.3 is 10.4 Å². The molecular formula is C15H16N2O4S. The molecule has 1 atom stereocenters. The molecule has 2 aromatic carbocycles. The minimum atomic E-state index is -2.11. The highest BCUT2D eigenvalue weighted by molar-refractivity contribution is 7.80. The van der Waals surface area contributed by atoms with E-state index >= 15 is 0 Å². The van der Waals surface area contributed by atoms with Crippen molar-refractivity contribution in [1.82, 2.24) is 0 Å². The number of hydrogen-bond donors (Lipinski definition) is 3. The Morgan fingerprint density at radius 2 is 1.73 bits per heavy atom. The molecule has 1 unspecified atom stereocenters. The fourth-order valence-electron chi connectivity index (χ4n) is 1.92. The molecule has 3 N–H and O–H groups in total. The van der Waals surface area contributed by atoms with E-state index in [2.05, 4.69) is 5.32 Å². The van der Waals surface area contributed by atoms with Crippen LogP contribution in [-0.4, -0.2) is 32.9 Å². The second-order valence-electron chi connectivity index (χ2n) is 4.48. The van der Waals surface area contributed by atoms with Gasteiger partial charge in [-0.1, -0.05) is 18.2 Å². The van der Waals surface area contributed by atoms with Gasteiger partial charge in [0.1, 0.15) is 0 Å². The van der Waals surface area contributed by atoms with Gasteiger partial charge in [0.05, 0.1) is 17.8 Å². The number of nitrogens with one attached hydrogen (secondary N) is 1. The van der Waals surface area contributed by atoms with E-state index in [4.69, 9.17) is 5.11 Å². The van der Waals surface area contributed by atoms with Gasteiger partial charge in [-0.25, -0.2) is 9.00 Å². The second-order valence-corrected chi connectivity index (χ2v) is 5.38. The maximum Gasteiger partial charge on any atom is 0.335 e. The highest BCUT2D eigenvalue weighted by Crippen LogP contribution is 2.15. The van der Waals surface area contributed by atoms with Crippen LogP contribution in [-0.2, 0) is 11.3 Å². The van der Waals surface area contributed by atoms with Crippen LogP contribution < -0.4 is 9.62 Å². The van der Waals surface area contributed by atoms with Crippen LogP contribution in [0.25, 0.3) is 0 Å². The molecule has 2 aromatic rings. The van der Waals surface area contributed by atoms with E-state index in [0.29, 0.717) is 18.8 Å². The van der Waals surface area contributed by atoms with Gasteiger partial charge in [-0.3, -0.25) is 8.86 Å². The lowest BCUT2D eigenvalue weighted by molar-refractivity contribution is 0.0697. The minimum Gasteiger partial charge on any atom is -0.478 e. The molecule has 0 aliphatic rings. The number of carboxylic acid groups (broad SMARTS) is 1. The smallest absolute Gasteiger partial charge is 0.335 e. The largest absolute Gasteiger partial charge is 0.478 e. The molecule has 0 aromatic heterocycles. The molecule has 22 heavy (non-hydrogen) atoms. The Bertz CT molecular complexity index is 646. The summed E-state index contributed by atoms with van der Waals surface area (Å²) in [5.74, 6) is -0.975. The predicted octanol–water partition coefficient (Wildman–Crippen LogP) is 2.44. The first-order valence-electron chi connectivity index (χ1n) is 6.58. The van der Waals surface area contributed by atoms with Crippen LogP contribution in [0.3, 0.4) is 0 Å². The molecule has 0 saturated heterocycles. The van der Waals surface area contributed by atoms with Crippen molar-refractivity contribution < 1.29 is 18.7 Å². The fraction of sp³-hybridized carbons (Fsp3) is 0.133. The second kappa shape index (κ2) is 7.58. The lowest BCUT2D eigenvalue weighted by Crippen LogP contribution is -2.30. The molecule has 0 saturated carbocycles. The standard InChI is InChI=1S/C15H16N2O4S/c18-15(19)12-6-8-13(9-7-12)16-10-11-17(22(20)21)14-4-2-1-3-5-14/h1-9,16H,10-11H2,(H,18,19)(H,20,21). The SMILES string of the molecule is O=C(O)c1ccc(NCCN(c2ccccc2)S(=O)O)cc1. The summed E-state index contributed by atoms with van der Waals surface area (Å²) in [7, 11) is 0. The van der Waals surface area contributed by atoms with Crippen LogP contribution in [0.15, 0.2) is 54.6 Å². The summed E-state index contributed by atoms with van der Waals surface area (Å²) in [6.07, 6.45) is 0. The average Bonchev–Trinajstić information content (AvgIpc) is 2.52. The molecule has 0 amide bonds. The number of benzene rings is 2. The minimum absolute atomic E-state index is 0.216. The lowest BCUT2D eigenvalue weighted by atomic mass is 10.2. The van der Waals surface area contributed by atoms with Gasteiger partial charge >= 0.3 is 5.97 Å². The zero-order valence-electron chi connectivity index (χ0n) is 11.7. The summed E-state index contributed by atoms with van der Waals surface area (Å²) < 4.78 is 22.1. The van der Waals surface area contributed by atoms with E-state index in [1.165, 1.54) is 16.4 Å². The van der Waals surface area contributed by atoms with E-state index in [9.17, 15) is 13.6 Å². The highest BCUT2D eigenvalue weighted by atomic mass is 32.2. The first kappa shape index (κ1) is 16.0. The van der Waals surface area contributed by atoms with Gasteiger partial charge in [-0.15, -0.1) is 0 Å². The number of aromatic carboxylic acids is 1. The number of nitrogens with zero attached hydrogens (tertiary/aromatic N) is 1. The topological polar surface area (TPSA) is 89.9 Å². The number of carboxylic acids is 1. The molecular weight excluding hydrogens is 304 g/mol. The molecule has 0 radical (unpaired) electrons. The number of anilines is 2. The Hall–Kier alpha value is -2.38. The van der Waals surface area contributed by atoms with Crippen LogP contribution in [0.2, 0.25) is 0 Å². The quantitative estimate of drug-likeness (QED) is 0.682. The van der Waals surface area contributed by atoms with Crippen molar-refractivity contribution >= 4 is 28.6 Å². The van der Waals surface area contributed by atoms with Gasteiger partial charge in [0.25, 0.3) is 11.3 Å². The predicted molar refractivity (Wildman–Crippen MR) is 86.5 cm³/mol. The van der Waals surface area contributed by atoms with Gasteiger partial charge in [-0.05, 0) is 36.4 Å². The maximum atomic E-state index is 11.4. The van der Waals surface area contributed by atoms with Crippen LogP contribution in [0.1, 0.15) is 10.4 Å². The summed E-state index contributed by atoms with van der Waals surface area (Å²) >= 11 is -2.11. The molecule has 0 heterocycles. The zero-order valence-corrected chi connectivity index (χ0v) is 12.5. The van der Waals surface area contributed by atoms with Crippen molar-refractivity contribution in [2.75, 3.05) is 22.7 Å². The van der Waals surface area contributed by atoms with Gasteiger partial charge in [0.15, 0.2) is 0 Å². The van der Waals surface area contributed by atoms with Crippen LogP contribution in [0.5, 0.6) is 0 Å². The van der Waals surface area contributed by atoms with Gasteiger partial charge in [-0.2, -0.15) is 0 Å². The third-order valence-electron chi connectivity index (χ3n) is 3.01. The molecule has 0 aliphatic heterocycles. The summed E-state index contributed by atoms with van der Waals surface area (Å²) in [5.41, 5.74) is 1.63. The Morgan fingerprint density at radius 3 is 2.27 bits per heavy atom. The van der Waals surface area contributed by atoms with E-state index in [1.807, 2.05) is 6.07 Å². The summed E-state index contributed by atoms with van der Waals surface area (Å²) in [5, 5.41) is 11.9. The zero-order chi connectivity index (χ0) is 15.9. The maximum absolute atomic E-state index is 11.4. The first-order valence-corrected chi connectivity index (χ1v) is 7.65. The van der Waals surface area contributed by atoms with Gasteiger partial charge in [0.2, 0.25) is 0 Å². The van der Waals surface area contributed by atoms with Crippen LogP contribution >= 0.6 is 0 Å². The van der Waals surface area contributed by atoms with Crippen molar-refractivity contribution in [3.8, 4) is 0 Å². The fourth-order valence-corrected chi connectivity index (χ4v) is 2.47. The number of rotatable bonds is 7. The lowest BCUT2D eigenvalue weighted by Gasteiger charge is -2.20. The first-order chi connectivity index (χ1) is 10.6. The Morgan fingerprint density at radius 1 is 1.09 bits per heavy atom. The molecule has 7 heteroatoms. The number of carbonyl (C=O) groups is 1. The Labute approximate surface area is 130 Å². The Balaban J connectivity index is 1.93. The average molecular weight is 320 g/mol. The van der Waals surface area contributed by atoms with E-state index in [-0.39, 0.29) is 5.56 Å². The van der Waals surface area contributed by atoms with Crippen molar-refractivity contribution in [1.29, 1.82) is 0 Å². The summed E-state index contributed by atoms with van der Waals surface area (Å²) in [6.45, 7) is 0.765. The van der Waals surface area contributed by atoms with Crippen LogP contribution in [0, 0.1) is 0 Å². The van der Waals surface area contributed by atoms with Crippen molar-refractivity contribution in [3.63, 3.8) is 0 Å². The van der Waals surface area contributed by atoms with E-state index in [0.717, 1.165) is 5.69 Å². The third kappa shape index (κ3) is 4.31. The van der Waals surface area contributed by atoms with Crippen molar-refractivity contribution in [2.45, 2.75) is 0 Å². The van der Waals surface area contributed by atoms with E-state index < -0.39 is 17.2 Å². The van der Waals surface area contributed by atoms with Gasteiger partial charge in [0, 0.05) is 12.2 Å². The molecule has 2 rings (SSSR count). The normalized spacial score (nSPS) is 11.7. The number of hydrogen-bond acceptors (Lipinski definition) is 3. The third-order valence-corrected chi connectivity index (χ3v) is 3.78. The van der Waals surface area contributed by atoms with Crippen molar-refractivity contribution in [2.24, 2.45) is 0 Å². The van der Waals surface area contributed by atoms with Crippen molar-refractivity contribution in [3.05, 3.63) is 60.2 Å².